The molecule has 1 heterocycles. The molecule has 4 rings (SSSR count). The molecule has 0 spiro atoms. The predicted octanol–water partition coefficient (Wildman–Crippen LogP) is 4.58. The lowest BCUT2D eigenvalue weighted by Gasteiger charge is -2.50. The summed E-state index contributed by atoms with van der Waals surface area (Å²) < 4.78 is 12.5. The Kier molecular flexibility index (Phi) is 4.60. The quantitative estimate of drug-likeness (QED) is 0.474. The maximum Gasteiger partial charge on any atom is 0.309 e. The third kappa shape index (κ3) is 2.75. The lowest BCUT2D eigenvalue weighted by Crippen LogP contribution is -2.54. The number of allylic oxidation sites excluding steroid dienone is 3. The first kappa shape index (κ1) is 21.5. The van der Waals surface area contributed by atoms with E-state index in [1.807, 2.05) is 13.8 Å². The van der Waals surface area contributed by atoms with E-state index >= 15 is 0 Å². The summed E-state index contributed by atoms with van der Waals surface area (Å²) in [6, 6.07) is 0. The first-order valence-corrected chi connectivity index (χ1v) is 14.0. The number of esters is 1. The van der Waals surface area contributed by atoms with Crippen molar-refractivity contribution in [1.82, 2.24) is 0 Å². The highest BCUT2D eigenvalue weighted by Gasteiger charge is 2.66. The number of ketones is 2. The van der Waals surface area contributed by atoms with E-state index in [0.717, 1.165) is 11.3 Å². The lowest BCUT2D eigenvalue weighted by molar-refractivity contribution is -0.144. The van der Waals surface area contributed by atoms with Crippen molar-refractivity contribution < 1.29 is 23.5 Å². The SMILES string of the molecule is CC1=CC(=O)[C@@H]2CC(O[Si](C)(C)C(C)(C)C)=C3C[C@H]4OC(=O)[C@H](C)[C@H]4C3[C@]2(C)C1=O. The van der Waals surface area contributed by atoms with Gasteiger partial charge in [-0.05, 0) is 42.3 Å². The van der Waals surface area contributed by atoms with Crippen LogP contribution in [-0.2, 0) is 23.5 Å². The third-order valence-electron chi connectivity index (χ3n) is 8.68. The molecule has 30 heavy (non-hydrogen) atoms. The van der Waals surface area contributed by atoms with Crippen LogP contribution < -0.4 is 0 Å². The molecule has 1 saturated carbocycles. The second-order valence-corrected chi connectivity index (χ2v) is 16.2. The molecule has 6 atom stereocenters. The number of ether oxygens (including phenoxy) is 1. The number of rotatable bonds is 2. The van der Waals surface area contributed by atoms with Crippen LogP contribution in [-0.4, -0.2) is 32.0 Å². The monoisotopic (exact) mass is 430 g/mol. The lowest BCUT2D eigenvalue weighted by atomic mass is 9.52. The van der Waals surface area contributed by atoms with Crippen LogP contribution in [0.25, 0.3) is 0 Å². The number of carbonyl (C=O) groups is 3. The van der Waals surface area contributed by atoms with Crippen molar-refractivity contribution in [2.45, 2.75) is 78.6 Å². The number of hydrogen-bond acceptors (Lipinski definition) is 5. The van der Waals surface area contributed by atoms with Crippen LogP contribution in [0.4, 0.5) is 0 Å². The molecule has 4 aliphatic rings. The normalized spacial score (nSPS) is 38.7. The molecule has 2 fully saturated rings. The number of hydrogen-bond donors (Lipinski definition) is 0. The molecule has 3 aliphatic carbocycles. The largest absolute Gasteiger partial charge is 0.547 e. The third-order valence-corrected chi connectivity index (χ3v) is 13.0. The minimum Gasteiger partial charge on any atom is -0.547 e. The second kappa shape index (κ2) is 6.41. The van der Waals surface area contributed by atoms with Gasteiger partial charge in [0.05, 0.1) is 11.7 Å². The van der Waals surface area contributed by atoms with Gasteiger partial charge in [-0.2, -0.15) is 0 Å². The molecule has 0 aromatic heterocycles. The predicted molar refractivity (Wildman–Crippen MR) is 116 cm³/mol. The van der Waals surface area contributed by atoms with Gasteiger partial charge in [0, 0.05) is 36.0 Å². The van der Waals surface area contributed by atoms with E-state index in [1.54, 1.807) is 6.92 Å². The van der Waals surface area contributed by atoms with E-state index in [2.05, 4.69) is 33.9 Å². The summed E-state index contributed by atoms with van der Waals surface area (Å²) in [4.78, 5) is 39.0. The molecule has 0 bridgehead atoms. The Balaban J connectivity index is 1.88. The van der Waals surface area contributed by atoms with E-state index < -0.39 is 19.7 Å². The fraction of sp³-hybridized carbons (Fsp3) is 0.708. The van der Waals surface area contributed by atoms with Crippen molar-refractivity contribution in [3.63, 3.8) is 0 Å². The Morgan fingerprint density at radius 2 is 1.80 bits per heavy atom. The highest BCUT2D eigenvalue weighted by Crippen LogP contribution is 2.63. The average molecular weight is 431 g/mol. The van der Waals surface area contributed by atoms with Crippen LogP contribution >= 0.6 is 0 Å². The van der Waals surface area contributed by atoms with Gasteiger partial charge < -0.3 is 9.16 Å². The van der Waals surface area contributed by atoms with Crippen molar-refractivity contribution in [2.75, 3.05) is 0 Å². The summed E-state index contributed by atoms with van der Waals surface area (Å²) in [6.07, 6.45) is 2.36. The first-order chi connectivity index (χ1) is 13.7. The summed E-state index contributed by atoms with van der Waals surface area (Å²) >= 11 is 0. The van der Waals surface area contributed by atoms with Gasteiger partial charge in [0.2, 0.25) is 8.32 Å². The molecule has 0 N–H and O–H groups in total. The van der Waals surface area contributed by atoms with Crippen LogP contribution in [0, 0.1) is 29.1 Å². The smallest absolute Gasteiger partial charge is 0.309 e. The topological polar surface area (TPSA) is 69.7 Å². The zero-order chi connectivity index (χ0) is 22.4. The van der Waals surface area contributed by atoms with Crippen LogP contribution in [0.1, 0.15) is 54.4 Å². The van der Waals surface area contributed by atoms with Gasteiger partial charge in [-0.15, -0.1) is 0 Å². The van der Waals surface area contributed by atoms with Crippen molar-refractivity contribution in [2.24, 2.45) is 29.1 Å². The molecule has 1 saturated heterocycles. The number of carbonyl (C=O) groups excluding carboxylic acids is 3. The van der Waals surface area contributed by atoms with Gasteiger partial charge in [-0.25, -0.2) is 0 Å². The molecule has 0 amide bonds. The van der Waals surface area contributed by atoms with Crippen LogP contribution in [0.5, 0.6) is 0 Å². The van der Waals surface area contributed by atoms with Gasteiger partial charge in [0.15, 0.2) is 11.6 Å². The molecule has 1 aliphatic heterocycles. The number of Topliss-reactive ketones (excluding diaryl/α,β-unsaturated/α-hetero) is 1. The molecular weight excluding hydrogens is 396 g/mol. The summed E-state index contributed by atoms with van der Waals surface area (Å²) in [5.74, 6) is -0.257. The van der Waals surface area contributed by atoms with E-state index in [0.29, 0.717) is 18.4 Å². The Hall–Kier alpha value is -1.69. The average Bonchev–Trinajstić information content (AvgIpc) is 3.11. The fourth-order valence-electron chi connectivity index (χ4n) is 5.93. The number of fused-ring (bicyclic) bond motifs is 5. The highest BCUT2D eigenvalue weighted by molar-refractivity contribution is 6.74. The van der Waals surface area contributed by atoms with Gasteiger partial charge in [0.25, 0.3) is 0 Å². The Morgan fingerprint density at radius 3 is 2.40 bits per heavy atom. The molecule has 5 nitrogen and oxygen atoms in total. The Labute approximate surface area is 180 Å². The maximum absolute atomic E-state index is 13.5. The fourth-order valence-corrected chi connectivity index (χ4v) is 7.07. The summed E-state index contributed by atoms with van der Waals surface area (Å²) in [5.41, 5.74) is 0.796. The standard InChI is InChI=1S/C24H34O5Si/c1-12-9-16(25)15-11-17(29-30(7,8)23(3,4)5)14-10-18-19(13(2)22(27)28-18)20(14)24(15,6)21(12)26/h9,13,15,18-20H,10-11H2,1-8H3/t13-,15+,18-,19-,20?,24-/m1/s1. The summed E-state index contributed by atoms with van der Waals surface area (Å²) in [7, 11) is -2.13. The summed E-state index contributed by atoms with van der Waals surface area (Å²) in [6.45, 7) is 16.6. The molecule has 164 valence electrons. The van der Waals surface area contributed by atoms with E-state index in [9.17, 15) is 14.4 Å². The van der Waals surface area contributed by atoms with E-state index in [4.69, 9.17) is 9.16 Å². The van der Waals surface area contributed by atoms with Crippen molar-refractivity contribution in [1.29, 1.82) is 0 Å². The van der Waals surface area contributed by atoms with Crippen molar-refractivity contribution in [3.05, 3.63) is 23.0 Å². The van der Waals surface area contributed by atoms with Crippen LogP contribution in [0.15, 0.2) is 23.0 Å². The molecule has 0 aromatic rings. The first-order valence-electron chi connectivity index (χ1n) is 11.1. The minimum absolute atomic E-state index is 0.00586. The Bertz CT molecular complexity index is 905. The molecule has 0 aromatic carbocycles. The van der Waals surface area contributed by atoms with Gasteiger partial charge >= 0.3 is 5.97 Å². The van der Waals surface area contributed by atoms with Crippen LogP contribution in [0.3, 0.4) is 0 Å². The summed E-state index contributed by atoms with van der Waals surface area (Å²) in [5, 5.41) is 0.0218. The minimum atomic E-state index is -2.13. The molecular formula is C24H34O5Si. The van der Waals surface area contributed by atoms with E-state index in [-0.39, 0.29) is 46.4 Å². The van der Waals surface area contributed by atoms with Gasteiger partial charge in [-0.3, -0.25) is 14.4 Å². The van der Waals surface area contributed by atoms with Crippen LogP contribution in [0.2, 0.25) is 18.1 Å². The zero-order valence-electron chi connectivity index (χ0n) is 19.4. The zero-order valence-corrected chi connectivity index (χ0v) is 20.4. The molecule has 1 unspecified atom stereocenters. The van der Waals surface area contributed by atoms with Crippen molar-refractivity contribution in [3.8, 4) is 0 Å². The Morgan fingerprint density at radius 1 is 1.17 bits per heavy atom. The highest BCUT2D eigenvalue weighted by atomic mass is 28.4. The molecule has 0 radical (unpaired) electrons. The maximum atomic E-state index is 13.5. The van der Waals surface area contributed by atoms with Crippen molar-refractivity contribution >= 4 is 25.9 Å². The van der Waals surface area contributed by atoms with Gasteiger partial charge in [-0.1, -0.05) is 34.6 Å². The van der Waals surface area contributed by atoms with Gasteiger partial charge in [0.1, 0.15) is 6.10 Å². The second-order valence-electron chi connectivity index (χ2n) is 11.4. The van der Waals surface area contributed by atoms with E-state index in [1.165, 1.54) is 6.08 Å². The molecule has 6 heteroatoms.